The maximum Gasteiger partial charge on any atom is 0.141 e. The minimum absolute atomic E-state index is 0.102. The summed E-state index contributed by atoms with van der Waals surface area (Å²) < 4.78 is 57.3. The van der Waals surface area contributed by atoms with Crippen LogP contribution in [0.1, 0.15) is 22.3 Å². The van der Waals surface area contributed by atoms with Crippen LogP contribution in [0.4, 0.5) is 17.6 Å². The van der Waals surface area contributed by atoms with Gasteiger partial charge in [-0.25, -0.2) is 17.6 Å². The number of terminal acetylenes is 1. The van der Waals surface area contributed by atoms with Gasteiger partial charge in [0.1, 0.15) is 29.3 Å². The first kappa shape index (κ1) is 21.9. The SMILES string of the molecule is C#Cc1ccc(-c2ccc(Cc3ccc(-c4ccc(C#N)c(F)c4)c(F)c3)cc2F)cc1F. The van der Waals surface area contributed by atoms with Crippen molar-refractivity contribution in [2.45, 2.75) is 6.42 Å². The number of hydrogen-bond acceptors (Lipinski definition) is 1. The zero-order chi connectivity index (χ0) is 23.5. The molecule has 4 aromatic rings. The second-order valence-corrected chi connectivity index (χ2v) is 7.45. The molecule has 33 heavy (non-hydrogen) atoms. The zero-order valence-electron chi connectivity index (χ0n) is 17.2. The molecule has 0 aliphatic heterocycles. The highest BCUT2D eigenvalue weighted by Crippen LogP contribution is 2.28. The van der Waals surface area contributed by atoms with E-state index in [1.54, 1.807) is 30.3 Å². The topological polar surface area (TPSA) is 23.8 Å². The van der Waals surface area contributed by atoms with Crippen molar-refractivity contribution in [3.05, 3.63) is 118 Å². The van der Waals surface area contributed by atoms with E-state index in [1.165, 1.54) is 42.5 Å². The molecule has 0 amide bonds. The van der Waals surface area contributed by atoms with Gasteiger partial charge in [-0.1, -0.05) is 42.3 Å². The predicted octanol–water partition coefficient (Wildman–Crippen LogP) is 7.02. The van der Waals surface area contributed by atoms with Gasteiger partial charge in [0.2, 0.25) is 0 Å². The van der Waals surface area contributed by atoms with Gasteiger partial charge in [0.25, 0.3) is 0 Å². The van der Waals surface area contributed by atoms with Crippen molar-refractivity contribution >= 4 is 0 Å². The lowest BCUT2D eigenvalue weighted by molar-refractivity contribution is 0.621. The molecule has 0 aromatic heterocycles. The van der Waals surface area contributed by atoms with Gasteiger partial charge >= 0.3 is 0 Å². The molecule has 4 rings (SSSR count). The van der Waals surface area contributed by atoms with E-state index < -0.39 is 23.3 Å². The number of rotatable bonds is 4. The summed E-state index contributed by atoms with van der Waals surface area (Å²) >= 11 is 0. The highest BCUT2D eigenvalue weighted by atomic mass is 19.1. The van der Waals surface area contributed by atoms with Gasteiger partial charge in [-0.3, -0.25) is 0 Å². The Balaban J connectivity index is 1.57. The van der Waals surface area contributed by atoms with Crippen LogP contribution in [0.2, 0.25) is 0 Å². The molecule has 4 aromatic carbocycles. The molecule has 0 saturated heterocycles. The molecule has 0 spiro atoms. The molecule has 0 saturated carbocycles. The molecule has 0 aliphatic rings. The minimum atomic E-state index is -0.720. The summed E-state index contributed by atoms with van der Waals surface area (Å²) in [4.78, 5) is 0. The molecule has 0 N–H and O–H groups in total. The molecule has 160 valence electrons. The van der Waals surface area contributed by atoms with Gasteiger partial charge < -0.3 is 0 Å². The lowest BCUT2D eigenvalue weighted by Crippen LogP contribution is -1.95. The Labute approximate surface area is 188 Å². The molecule has 0 heterocycles. The Hall–Kier alpha value is -4.35. The Morgan fingerprint density at radius 1 is 0.606 bits per heavy atom. The summed E-state index contributed by atoms with van der Waals surface area (Å²) in [5.41, 5.74) is 2.29. The fourth-order valence-corrected chi connectivity index (χ4v) is 3.61. The third kappa shape index (κ3) is 4.49. The minimum Gasteiger partial charge on any atom is -0.206 e. The summed E-state index contributed by atoms with van der Waals surface area (Å²) in [7, 11) is 0. The summed E-state index contributed by atoms with van der Waals surface area (Å²) in [6.07, 6.45) is 5.48. The van der Waals surface area contributed by atoms with Crippen LogP contribution in [-0.4, -0.2) is 0 Å². The van der Waals surface area contributed by atoms with Crippen molar-refractivity contribution in [1.82, 2.24) is 0 Å². The highest BCUT2D eigenvalue weighted by molar-refractivity contribution is 5.67. The number of nitriles is 1. The maximum atomic E-state index is 14.7. The average molecular weight is 441 g/mol. The molecule has 1 nitrogen and oxygen atoms in total. The highest BCUT2D eigenvalue weighted by Gasteiger charge is 2.12. The Bertz CT molecular complexity index is 1350. The number of benzene rings is 4. The van der Waals surface area contributed by atoms with Crippen LogP contribution in [0.5, 0.6) is 0 Å². The molecule has 0 aliphatic carbocycles. The summed E-state index contributed by atoms with van der Waals surface area (Å²) in [5, 5.41) is 8.83. The van der Waals surface area contributed by atoms with E-state index >= 15 is 0 Å². The Morgan fingerprint density at radius 2 is 1.09 bits per heavy atom. The van der Waals surface area contributed by atoms with Crippen molar-refractivity contribution in [1.29, 1.82) is 5.26 Å². The monoisotopic (exact) mass is 441 g/mol. The third-order valence-electron chi connectivity index (χ3n) is 5.31. The van der Waals surface area contributed by atoms with Crippen molar-refractivity contribution in [3.8, 4) is 40.7 Å². The average Bonchev–Trinajstić information content (AvgIpc) is 2.79. The third-order valence-corrected chi connectivity index (χ3v) is 5.31. The van der Waals surface area contributed by atoms with Crippen LogP contribution in [-0.2, 0) is 6.42 Å². The molecule has 0 bridgehead atoms. The van der Waals surface area contributed by atoms with E-state index in [0.29, 0.717) is 22.3 Å². The lowest BCUT2D eigenvalue weighted by atomic mass is 9.97. The van der Waals surface area contributed by atoms with Crippen molar-refractivity contribution in [2.75, 3.05) is 0 Å². The van der Waals surface area contributed by atoms with Crippen LogP contribution in [0.15, 0.2) is 72.8 Å². The first-order valence-electron chi connectivity index (χ1n) is 9.93. The summed E-state index contributed by atoms with van der Waals surface area (Å²) in [5.74, 6) is -0.194. The van der Waals surface area contributed by atoms with Crippen molar-refractivity contribution in [3.63, 3.8) is 0 Å². The maximum absolute atomic E-state index is 14.7. The fraction of sp³-hybridized carbons (Fsp3) is 0.0357. The normalized spacial score (nSPS) is 10.5. The van der Waals surface area contributed by atoms with Crippen molar-refractivity contribution in [2.24, 2.45) is 0 Å². The first-order chi connectivity index (χ1) is 15.9. The quantitative estimate of drug-likeness (QED) is 0.247. The second kappa shape index (κ2) is 9.02. The summed E-state index contributed by atoms with van der Waals surface area (Å²) in [6.45, 7) is 0. The molecule has 0 unspecified atom stereocenters. The van der Waals surface area contributed by atoms with Crippen LogP contribution in [0.25, 0.3) is 22.3 Å². The fourth-order valence-electron chi connectivity index (χ4n) is 3.61. The van der Waals surface area contributed by atoms with Crippen LogP contribution < -0.4 is 0 Å². The Kier molecular flexibility index (Phi) is 5.98. The van der Waals surface area contributed by atoms with Gasteiger partial charge in [0, 0.05) is 11.1 Å². The van der Waals surface area contributed by atoms with Gasteiger partial charge in [0.15, 0.2) is 0 Å². The predicted molar refractivity (Wildman–Crippen MR) is 119 cm³/mol. The smallest absolute Gasteiger partial charge is 0.141 e. The van der Waals surface area contributed by atoms with Gasteiger partial charge in [0.05, 0.1) is 11.1 Å². The molecule has 0 fully saturated rings. The molecular formula is C28H15F4N. The van der Waals surface area contributed by atoms with E-state index in [-0.39, 0.29) is 28.7 Å². The van der Waals surface area contributed by atoms with Gasteiger partial charge in [-0.2, -0.15) is 5.26 Å². The van der Waals surface area contributed by atoms with Crippen LogP contribution in [0, 0.1) is 46.9 Å². The van der Waals surface area contributed by atoms with E-state index in [2.05, 4.69) is 5.92 Å². The first-order valence-corrected chi connectivity index (χ1v) is 9.93. The van der Waals surface area contributed by atoms with Crippen molar-refractivity contribution < 1.29 is 17.6 Å². The number of halogens is 4. The van der Waals surface area contributed by atoms with Crippen LogP contribution in [0.3, 0.4) is 0 Å². The van der Waals surface area contributed by atoms with Gasteiger partial charge in [-0.15, -0.1) is 6.42 Å². The number of nitrogens with zero attached hydrogens (tertiary/aromatic N) is 1. The Morgan fingerprint density at radius 3 is 1.48 bits per heavy atom. The molecule has 0 atom stereocenters. The molecule has 0 radical (unpaired) electrons. The number of hydrogen-bond donors (Lipinski definition) is 0. The van der Waals surface area contributed by atoms with Crippen LogP contribution >= 0.6 is 0 Å². The van der Waals surface area contributed by atoms with Gasteiger partial charge in [-0.05, 0) is 65.1 Å². The summed E-state index contributed by atoms with van der Waals surface area (Å²) in [6, 6.07) is 18.8. The van der Waals surface area contributed by atoms with E-state index in [0.717, 1.165) is 6.07 Å². The standard InChI is InChI=1S/C28H15F4N/c1-2-19-5-6-20(14-25(19)29)23-9-3-17(12-27(23)31)11-18-4-10-24(28(32)13-18)21-7-8-22(16-33)26(30)15-21/h1,3-10,12-15H,11H2. The molecular weight excluding hydrogens is 426 g/mol. The van der Waals surface area contributed by atoms with E-state index in [4.69, 9.17) is 11.7 Å². The lowest BCUT2D eigenvalue weighted by Gasteiger charge is -2.10. The van der Waals surface area contributed by atoms with E-state index in [1.807, 2.05) is 0 Å². The molecule has 5 heteroatoms. The zero-order valence-corrected chi connectivity index (χ0v) is 17.2. The second-order valence-electron chi connectivity index (χ2n) is 7.45. The largest absolute Gasteiger partial charge is 0.206 e. The van der Waals surface area contributed by atoms with E-state index in [9.17, 15) is 17.6 Å².